The van der Waals surface area contributed by atoms with Crippen LogP contribution in [0.2, 0.25) is 0 Å². The minimum absolute atomic E-state index is 0.221. The summed E-state index contributed by atoms with van der Waals surface area (Å²) < 4.78 is 0. The van der Waals surface area contributed by atoms with Gasteiger partial charge in [0.05, 0.1) is 5.60 Å². The monoisotopic (exact) mass is 196 g/mol. The zero-order chi connectivity index (χ0) is 10.4. The zero-order valence-corrected chi connectivity index (χ0v) is 8.96. The molecule has 1 aliphatic carbocycles. The van der Waals surface area contributed by atoms with Crippen LogP contribution in [0, 0.1) is 0 Å². The maximum absolute atomic E-state index is 10.4. The Kier molecular flexibility index (Phi) is 4.33. The summed E-state index contributed by atoms with van der Waals surface area (Å²) in [6.45, 7) is 1.74. The number of hydrogen-bond acceptors (Lipinski definition) is 2. The van der Waals surface area contributed by atoms with Gasteiger partial charge in [-0.2, -0.15) is 0 Å². The quantitative estimate of drug-likeness (QED) is 0.556. The summed E-state index contributed by atoms with van der Waals surface area (Å²) in [7, 11) is 0. The number of aliphatic hydroxyl groups is 1. The second-order valence-corrected chi connectivity index (χ2v) is 4.33. The van der Waals surface area contributed by atoms with Gasteiger partial charge in [0.15, 0.2) is 0 Å². The van der Waals surface area contributed by atoms with Crippen LogP contribution >= 0.6 is 0 Å². The van der Waals surface area contributed by atoms with Gasteiger partial charge in [0.2, 0.25) is 0 Å². The number of rotatable bonds is 3. The number of carbonyl (C=O) groups is 1. The molecule has 1 unspecified atom stereocenters. The molecule has 0 aromatic rings. The van der Waals surface area contributed by atoms with Crippen LogP contribution in [0.3, 0.4) is 0 Å². The highest BCUT2D eigenvalue weighted by atomic mass is 16.3. The van der Waals surface area contributed by atoms with Gasteiger partial charge in [0.25, 0.3) is 0 Å². The molecule has 1 atom stereocenters. The molecule has 0 saturated carbocycles. The van der Waals surface area contributed by atoms with E-state index in [1.54, 1.807) is 6.92 Å². The van der Waals surface area contributed by atoms with Crippen molar-refractivity contribution in [2.75, 3.05) is 0 Å². The Bertz CT molecular complexity index is 216. The molecule has 0 aromatic carbocycles. The van der Waals surface area contributed by atoms with Gasteiger partial charge in [-0.3, -0.25) is 0 Å². The maximum Gasteiger partial charge on any atom is 0.123 e. The van der Waals surface area contributed by atoms with Gasteiger partial charge in [0.1, 0.15) is 6.29 Å². The molecule has 1 N–H and O–H groups in total. The summed E-state index contributed by atoms with van der Waals surface area (Å²) in [4.78, 5) is 10.4. The van der Waals surface area contributed by atoms with E-state index in [-0.39, 0.29) is 6.42 Å². The fraction of sp³-hybridized carbons (Fsp3) is 0.750. The zero-order valence-electron chi connectivity index (χ0n) is 8.96. The molecule has 0 bridgehead atoms. The van der Waals surface area contributed by atoms with Crippen LogP contribution in [0.15, 0.2) is 11.6 Å². The van der Waals surface area contributed by atoms with Crippen molar-refractivity contribution in [1.29, 1.82) is 0 Å². The van der Waals surface area contributed by atoms with E-state index in [1.165, 1.54) is 19.3 Å². The van der Waals surface area contributed by atoms with E-state index in [1.807, 2.05) is 0 Å². The minimum Gasteiger partial charge on any atom is -0.385 e. The number of allylic oxidation sites excluding steroid dienone is 1. The predicted octanol–water partition coefficient (Wildman–Crippen LogP) is 2.61. The van der Waals surface area contributed by atoms with Crippen molar-refractivity contribution in [3.8, 4) is 0 Å². The molecule has 0 heterocycles. The third kappa shape index (κ3) is 3.26. The molecule has 1 aliphatic rings. The average Bonchev–Trinajstić information content (AvgIpc) is 2.01. The van der Waals surface area contributed by atoms with E-state index in [0.29, 0.717) is 0 Å². The fourth-order valence-electron chi connectivity index (χ4n) is 1.97. The van der Waals surface area contributed by atoms with E-state index >= 15 is 0 Å². The van der Waals surface area contributed by atoms with Crippen molar-refractivity contribution in [2.45, 2.75) is 57.5 Å². The molecule has 0 amide bonds. The Morgan fingerprint density at radius 2 is 2.14 bits per heavy atom. The largest absolute Gasteiger partial charge is 0.385 e. The van der Waals surface area contributed by atoms with Gasteiger partial charge in [0, 0.05) is 6.42 Å². The van der Waals surface area contributed by atoms with Gasteiger partial charge in [-0.05, 0) is 38.2 Å². The topological polar surface area (TPSA) is 37.3 Å². The Morgan fingerprint density at radius 3 is 2.86 bits per heavy atom. The first-order valence-electron chi connectivity index (χ1n) is 5.52. The fourth-order valence-corrected chi connectivity index (χ4v) is 1.97. The van der Waals surface area contributed by atoms with Crippen LogP contribution in [-0.2, 0) is 4.79 Å². The molecule has 80 valence electrons. The van der Waals surface area contributed by atoms with E-state index < -0.39 is 5.60 Å². The van der Waals surface area contributed by atoms with Crippen molar-refractivity contribution in [2.24, 2.45) is 0 Å². The van der Waals surface area contributed by atoms with E-state index in [2.05, 4.69) is 6.08 Å². The summed E-state index contributed by atoms with van der Waals surface area (Å²) in [5, 5.41) is 10.1. The van der Waals surface area contributed by atoms with Crippen molar-refractivity contribution >= 4 is 6.29 Å². The normalized spacial score (nSPS) is 22.9. The first kappa shape index (κ1) is 11.4. The first-order valence-corrected chi connectivity index (χ1v) is 5.52. The van der Waals surface area contributed by atoms with Gasteiger partial charge >= 0.3 is 0 Å². The third-order valence-corrected chi connectivity index (χ3v) is 2.96. The average molecular weight is 196 g/mol. The Hall–Kier alpha value is -0.630. The minimum atomic E-state index is -0.904. The Morgan fingerprint density at radius 1 is 1.43 bits per heavy atom. The SMILES string of the molecule is CC(O)(CC=O)C1=CCCCCCC1. The van der Waals surface area contributed by atoms with Gasteiger partial charge in [-0.15, -0.1) is 0 Å². The lowest BCUT2D eigenvalue weighted by Gasteiger charge is -2.26. The van der Waals surface area contributed by atoms with Gasteiger partial charge in [-0.25, -0.2) is 0 Å². The van der Waals surface area contributed by atoms with E-state index in [9.17, 15) is 9.90 Å². The second-order valence-electron chi connectivity index (χ2n) is 4.33. The molecule has 1 rings (SSSR count). The molecule has 0 saturated heterocycles. The summed E-state index contributed by atoms with van der Waals surface area (Å²) in [5.41, 5.74) is 0.156. The molecule has 14 heavy (non-hydrogen) atoms. The molecule has 2 nitrogen and oxygen atoms in total. The molecule has 0 aliphatic heterocycles. The summed E-state index contributed by atoms with van der Waals surface area (Å²) in [6.07, 6.45) is 10.0. The van der Waals surface area contributed by atoms with E-state index in [0.717, 1.165) is 31.1 Å². The van der Waals surface area contributed by atoms with Gasteiger partial charge in [-0.1, -0.05) is 18.9 Å². The second kappa shape index (κ2) is 5.30. The summed E-state index contributed by atoms with van der Waals surface area (Å²) in [5.74, 6) is 0. The number of carbonyl (C=O) groups excluding carboxylic acids is 1. The molecule has 0 radical (unpaired) electrons. The van der Waals surface area contributed by atoms with Crippen LogP contribution in [0.1, 0.15) is 51.9 Å². The Balaban J connectivity index is 2.66. The molecule has 0 aromatic heterocycles. The molecule has 2 heteroatoms. The predicted molar refractivity (Wildman–Crippen MR) is 57.1 cm³/mol. The van der Waals surface area contributed by atoms with Crippen LogP contribution in [0.5, 0.6) is 0 Å². The third-order valence-electron chi connectivity index (χ3n) is 2.96. The molecular weight excluding hydrogens is 176 g/mol. The smallest absolute Gasteiger partial charge is 0.123 e. The maximum atomic E-state index is 10.4. The highest BCUT2D eigenvalue weighted by molar-refractivity contribution is 5.53. The van der Waals surface area contributed by atoms with E-state index in [4.69, 9.17) is 0 Å². The van der Waals surface area contributed by atoms with Gasteiger partial charge < -0.3 is 9.90 Å². The standard InChI is InChI=1S/C12H20O2/c1-12(14,9-10-13)11-7-5-3-2-4-6-8-11/h7,10,14H,2-6,8-9H2,1H3. The van der Waals surface area contributed by atoms with Crippen molar-refractivity contribution in [1.82, 2.24) is 0 Å². The van der Waals surface area contributed by atoms with Crippen LogP contribution in [0.4, 0.5) is 0 Å². The molecule has 0 spiro atoms. The number of aldehydes is 1. The van der Waals surface area contributed by atoms with Crippen LogP contribution in [0.25, 0.3) is 0 Å². The lowest BCUT2D eigenvalue weighted by molar-refractivity contribution is -0.110. The van der Waals surface area contributed by atoms with Crippen molar-refractivity contribution in [3.63, 3.8) is 0 Å². The highest BCUT2D eigenvalue weighted by Gasteiger charge is 2.24. The first-order chi connectivity index (χ1) is 6.67. The molecule has 0 fully saturated rings. The van der Waals surface area contributed by atoms with Crippen LogP contribution in [-0.4, -0.2) is 17.0 Å². The Labute approximate surface area is 86.0 Å². The molecular formula is C12H20O2. The summed E-state index contributed by atoms with van der Waals surface area (Å²) in [6, 6.07) is 0. The lowest BCUT2D eigenvalue weighted by Crippen LogP contribution is -2.27. The van der Waals surface area contributed by atoms with Crippen molar-refractivity contribution < 1.29 is 9.90 Å². The number of hydrogen-bond donors (Lipinski definition) is 1. The van der Waals surface area contributed by atoms with Crippen molar-refractivity contribution in [3.05, 3.63) is 11.6 Å². The highest BCUT2D eigenvalue weighted by Crippen LogP contribution is 2.27. The summed E-state index contributed by atoms with van der Waals surface area (Å²) >= 11 is 0. The van der Waals surface area contributed by atoms with Crippen LogP contribution < -0.4 is 0 Å². The lowest BCUT2D eigenvalue weighted by atomic mass is 9.86.